The first-order valence-corrected chi connectivity index (χ1v) is 10.4. The van der Waals surface area contributed by atoms with E-state index in [-0.39, 0.29) is 23.8 Å². The van der Waals surface area contributed by atoms with Gasteiger partial charge < -0.3 is 10.2 Å². The lowest BCUT2D eigenvalue weighted by Crippen LogP contribution is -2.25. The van der Waals surface area contributed by atoms with Crippen molar-refractivity contribution in [3.63, 3.8) is 0 Å². The predicted molar refractivity (Wildman–Crippen MR) is 118 cm³/mol. The quantitative estimate of drug-likeness (QED) is 0.702. The zero-order valence-corrected chi connectivity index (χ0v) is 18.1. The molecule has 2 aromatic heterocycles. The third-order valence-corrected chi connectivity index (χ3v) is 5.52. The highest BCUT2D eigenvalue weighted by molar-refractivity contribution is 6.12. The lowest BCUT2D eigenvalue weighted by atomic mass is 10.0. The number of hydrogen-bond acceptors (Lipinski definition) is 4. The van der Waals surface area contributed by atoms with Gasteiger partial charge in [-0.3, -0.25) is 9.59 Å². The van der Waals surface area contributed by atoms with Crippen LogP contribution >= 0.6 is 0 Å². The average Bonchev–Trinajstić information content (AvgIpc) is 3.30. The summed E-state index contributed by atoms with van der Waals surface area (Å²) < 4.78 is 1.85. The van der Waals surface area contributed by atoms with Crippen LogP contribution in [0.2, 0.25) is 0 Å². The van der Waals surface area contributed by atoms with Crippen LogP contribution < -0.4 is 10.2 Å². The number of hydrogen-bond donors (Lipinski definition) is 1. The molecule has 7 heteroatoms. The molecule has 3 heterocycles. The minimum atomic E-state index is -0.186. The molecule has 0 radical (unpaired) electrons. The van der Waals surface area contributed by atoms with Crippen LogP contribution in [-0.2, 0) is 11.2 Å². The molecule has 1 aromatic carbocycles. The van der Waals surface area contributed by atoms with Crippen molar-refractivity contribution in [2.24, 2.45) is 0 Å². The van der Waals surface area contributed by atoms with Crippen molar-refractivity contribution < 1.29 is 9.59 Å². The molecule has 1 aliphatic heterocycles. The zero-order valence-electron chi connectivity index (χ0n) is 18.1. The van der Waals surface area contributed by atoms with E-state index >= 15 is 0 Å². The second-order valence-corrected chi connectivity index (χ2v) is 8.39. The number of fused-ring (bicyclic) bond motifs is 2. The predicted octanol–water partition coefficient (Wildman–Crippen LogP) is 4.30. The minimum absolute atomic E-state index is 0.0353. The van der Waals surface area contributed by atoms with E-state index in [4.69, 9.17) is 4.98 Å². The van der Waals surface area contributed by atoms with Gasteiger partial charge in [0.1, 0.15) is 0 Å². The molecule has 0 aliphatic carbocycles. The van der Waals surface area contributed by atoms with E-state index in [0.29, 0.717) is 12.1 Å². The van der Waals surface area contributed by atoms with Gasteiger partial charge in [-0.1, -0.05) is 13.8 Å². The Balaban J connectivity index is 1.69. The Kier molecular flexibility index (Phi) is 5.05. The van der Waals surface area contributed by atoms with Gasteiger partial charge in [0.15, 0.2) is 5.65 Å². The summed E-state index contributed by atoms with van der Waals surface area (Å²) in [6.45, 7) is 10.5. The first kappa shape index (κ1) is 20.1. The van der Waals surface area contributed by atoms with Gasteiger partial charge in [-0.2, -0.15) is 5.10 Å². The number of pyridine rings is 1. The van der Waals surface area contributed by atoms with Crippen LogP contribution in [0.1, 0.15) is 68.2 Å². The number of aromatic nitrogens is 3. The third-order valence-electron chi connectivity index (χ3n) is 5.52. The molecular formula is C23H27N5O2. The minimum Gasteiger partial charge on any atom is -0.322 e. The Labute approximate surface area is 176 Å². The van der Waals surface area contributed by atoms with Crippen LogP contribution in [0.4, 0.5) is 11.4 Å². The first-order chi connectivity index (χ1) is 14.3. The third kappa shape index (κ3) is 3.44. The summed E-state index contributed by atoms with van der Waals surface area (Å²) in [5, 5.41) is 8.22. The Bertz CT molecular complexity index is 1150. The van der Waals surface area contributed by atoms with Crippen LogP contribution in [0.15, 0.2) is 30.5 Å². The molecule has 0 saturated carbocycles. The number of amides is 2. The van der Waals surface area contributed by atoms with Gasteiger partial charge in [0.05, 0.1) is 17.1 Å². The van der Waals surface area contributed by atoms with Crippen molar-refractivity contribution in [3.05, 3.63) is 47.3 Å². The first-order valence-electron chi connectivity index (χ1n) is 10.4. The van der Waals surface area contributed by atoms with Gasteiger partial charge in [-0.05, 0) is 56.0 Å². The second-order valence-electron chi connectivity index (χ2n) is 8.39. The maximum absolute atomic E-state index is 13.2. The van der Waals surface area contributed by atoms with E-state index in [2.05, 4.69) is 24.3 Å². The Hall–Kier alpha value is -3.22. The molecule has 4 rings (SSSR count). The summed E-state index contributed by atoms with van der Waals surface area (Å²) in [6, 6.07) is 7.71. The number of anilines is 2. The van der Waals surface area contributed by atoms with E-state index in [1.807, 2.05) is 42.8 Å². The maximum Gasteiger partial charge on any atom is 0.256 e. The van der Waals surface area contributed by atoms with Gasteiger partial charge in [-0.25, -0.2) is 9.67 Å². The van der Waals surface area contributed by atoms with Crippen LogP contribution in [0.3, 0.4) is 0 Å². The number of nitrogens with zero attached hydrogens (tertiary/aromatic N) is 4. The van der Waals surface area contributed by atoms with E-state index in [1.54, 1.807) is 18.0 Å². The molecule has 3 aromatic rings. The molecule has 30 heavy (non-hydrogen) atoms. The van der Waals surface area contributed by atoms with Crippen molar-refractivity contribution in [1.29, 1.82) is 0 Å². The fourth-order valence-corrected chi connectivity index (χ4v) is 3.90. The summed E-state index contributed by atoms with van der Waals surface area (Å²) in [6.07, 6.45) is 2.51. The Morgan fingerprint density at radius 2 is 1.90 bits per heavy atom. The molecule has 1 aliphatic rings. The maximum atomic E-state index is 13.2. The van der Waals surface area contributed by atoms with Gasteiger partial charge in [0.25, 0.3) is 5.91 Å². The van der Waals surface area contributed by atoms with E-state index in [9.17, 15) is 9.59 Å². The summed E-state index contributed by atoms with van der Waals surface area (Å²) in [5.41, 5.74) is 4.87. The van der Waals surface area contributed by atoms with Crippen molar-refractivity contribution in [3.8, 4) is 0 Å². The molecular weight excluding hydrogens is 378 g/mol. The summed E-state index contributed by atoms with van der Waals surface area (Å²) >= 11 is 0. The number of benzene rings is 1. The number of nitrogens with one attached hydrogen (secondary N) is 1. The molecule has 2 amide bonds. The summed E-state index contributed by atoms with van der Waals surface area (Å²) in [5.74, 6) is 0.0380. The fourth-order valence-electron chi connectivity index (χ4n) is 3.90. The van der Waals surface area contributed by atoms with Gasteiger partial charge in [0, 0.05) is 36.6 Å². The highest BCUT2D eigenvalue weighted by atomic mass is 16.2. The van der Waals surface area contributed by atoms with Crippen LogP contribution in [-0.4, -0.2) is 33.1 Å². The molecule has 156 valence electrons. The van der Waals surface area contributed by atoms with E-state index in [0.717, 1.165) is 40.1 Å². The van der Waals surface area contributed by atoms with Gasteiger partial charge in [-0.15, -0.1) is 0 Å². The second kappa shape index (κ2) is 7.55. The smallest absolute Gasteiger partial charge is 0.256 e. The highest BCUT2D eigenvalue weighted by Crippen LogP contribution is 2.31. The summed E-state index contributed by atoms with van der Waals surface area (Å²) in [4.78, 5) is 31.5. The van der Waals surface area contributed by atoms with Crippen LogP contribution in [0.5, 0.6) is 0 Å². The SMILES string of the molecule is CC(=O)N1CCc2cc(NC(=O)c3cc(C(C)C)nc4c3cnn4C(C)C)ccc21. The fraction of sp³-hybridized carbons (Fsp3) is 0.391. The molecule has 0 spiro atoms. The normalized spacial score (nSPS) is 13.4. The zero-order chi connectivity index (χ0) is 21.6. The largest absolute Gasteiger partial charge is 0.322 e. The monoisotopic (exact) mass is 405 g/mol. The molecule has 7 nitrogen and oxygen atoms in total. The molecule has 0 saturated heterocycles. The van der Waals surface area contributed by atoms with Gasteiger partial charge >= 0.3 is 0 Å². The van der Waals surface area contributed by atoms with E-state index in [1.165, 1.54) is 0 Å². The molecule has 0 fully saturated rings. The van der Waals surface area contributed by atoms with Crippen molar-refractivity contribution in [2.75, 3.05) is 16.8 Å². The van der Waals surface area contributed by atoms with Crippen LogP contribution in [0, 0.1) is 0 Å². The van der Waals surface area contributed by atoms with Crippen molar-refractivity contribution >= 4 is 34.2 Å². The highest BCUT2D eigenvalue weighted by Gasteiger charge is 2.23. The topological polar surface area (TPSA) is 80.1 Å². The van der Waals surface area contributed by atoms with Crippen LogP contribution in [0.25, 0.3) is 11.0 Å². The van der Waals surface area contributed by atoms with Gasteiger partial charge in [0.2, 0.25) is 5.91 Å². The Morgan fingerprint density at radius 1 is 1.13 bits per heavy atom. The van der Waals surface area contributed by atoms with Crippen molar-refractivity contribution in [1.82, 2.24) is 14.8 Å². The average molecular weight is 406 g/mol. The number of carbonyl (C=O) groups is 2. The molecule has 0 bridgehead atoms. The molecule has 1 N–H and O–H groups in total. The van der Waals surface area contributed by atoms with E-state index < -0.39 is 0 Å². The standard InChI is InChI=1S/C23H27N5O2/c1-13(2)20-11-18(19-12-24-28(14(3)4)22(19)26-20)23(30)25-17-6-7-21-16(10-17)8-9-27(21)15(5)29/h6-7,10-14H,8-9H2,1-5H3,(H,25,30). The van der Waals surface area contributed by atoms with Crippen molar-refractivity contribution in [2.45, 2.75) is 53.0 Å². The number of carbonyl (C=O) groups excluding carboxylic acids is 2. The molecule has 0 atom stereocenters. The Morgan fingerprint density at radius 3 is 2.57 bits per heavy atom. The summed E-state index contributed by atoms with van der Waals surface area (Å²) in [7, 11) is 0. The lowest BCUT2D eigenvalue weighted by molar-refractivity contribution is -0.116. The number of rotatable bonds is 4. The lowest BCUT2D eigenvalue weighted by Gasteiger charge is -2.15. The molecule has 0 unspecified atom stereocenters.